The smallest absolute Gasteiger partial charge is 0.197 e. The van der Waals surface area contributed by atoms with E-state index in [1.165, 1.54) is 0 Å². The van der Waals surface area contributed by atoms with Crippen LogP contribution in [0.4, 0.5) is 5.82 Å². The van der Waals surface area contributed by atoms with Gasteiger partial charge < -0.3 is 10.6 Å². The molecule has 20 heavy (non-hydrogen) atoms. The molecule has 108 valence electrons. The molecule has 0 amide bonds. The van der Waals surface area contributed by atoms with Crippen molar-refractivity contribution in [2.75, 3.05) is 18.4 Å². The van der Waals surface area contributed by atoms with Gasteiger partial charge in [-0.2, -0.15) is 5.10 Å². The molecule has 0 saturated carbocycles. The van der Waals surface area contributed by atoms with Crippen molar-refractivity contribution in [2.24, 2.45) is 0 Å². The Morgan fingerprint density at radius 1 is 1.35 bits per heavy atom. The maximum atomic E-state index is 4.54. The number of imidazole rings is 1. The minimum atomic E-state index is 0.394. The fourth-order valence-corrected chi connectivity index (χ4v) is 2.65. The van der Waals surface area contributed by atoms with E-state index in [1.807, 2.05) is 17.6 Å². The van der Waals surface area contributed by atoms with Gasteiger partial charge in [-0.1, -0.05) is 13.8 Å². The van der Waals surface area contributed by atoms with Crippen LogP contribution >= 0.6 is 0 Å². The summed E-state index contributed by atoms with van der Waals surface area (Å²) < 4.78 is 1.93. The summed E-state index contributed by atoms with van der Waals surface area (Å²) in [7, 11) is 0. The van der Waals surface area contributed by atoms with Crippen molar-refractivity contribution >= 4 is 11.5 Å². The number of nitrogens with zero attached hydrogens (tertiary/aromatic N) is 4. The Kier molecular flexibility index (Phi) is 3.56. The summed E-state index contributed by atoms with van der Waals surface area (Å²) in [4.78, 5) is 9.05. The van der Waals surface area contributed by atoms with Crippen LogP contribution in [0.2, 0.25) is 0 Å². The van der Waals surface area contributed by atoms with E-state index in [-0.39, 0.29) is 0 Å². The Balaban J connectivity index is 1.97. The van der Waals surface area contributed by atoms with Crippen molar-refractivity contribution in [3.05, 3.63) is 17.7 Å². The van der Waals surface area contributed by atoms with E-state index in [0.717, 1.165) is 48.9 Å². The zero-order chi connectivity index (χ0) is 14.1. The zero-order valence-electron chi connectivity index (χ0n) is 12.3. The SMILES string of the molecule is Cc1nc(NC2CCNCC2)c2ncc(C(C)C)n2n1. The zero-order valence-corrected chi connectivity index (χ0v) is 12.3. The number of hydrogen-bond donors (Lipinski definition) is 2. The normalized spacial score (nSPS) is 17.0. The van der Waals surface area contributed by atoms with Gasteiger partial charge >= 0.3 is 0 Å². The molecule has 2 aromatic rings. The van der Waals surface area contributed by atoms with Gasteiger partial charge in [-0.3, -0.25) is 0 Å². The number of aryl methyl sites for hydroxylation is 1. The Morgan fingerprint density at radius 2 is 2.10 bits per heavy atom. The highest BCUT2D eigenvalue weighted by molar-refractivity contribution is 5.63. The minimum Gasteiger partial charge on any atom is -0.364 e. The molecule has 6 heteroatoms. The summed E-state index contributed by atoms with van der Waals surface area (Å²) in [5, 5.41) is 11.4. The fraction of sp³-hybridized carbons (Fsp3) is 0.643. The predicted molar refractivity (Wildman–Crippen MR) is 79.1 cm³/mol. The van der Waals surface area contributed by atoms with Crippen LogP contribution in [0.5, 0.6) is 0 Å². The number of rotatable bonds is 3. The second-order valence-corrected chi connectivity index (χ2v) is 5.75. The minimum absolute atomic E-state index is 0.394. The van der Waals surface area contributed by atoms with E-state index in [9.17, 15) is 0 Å². The molecule has 1 aliphatic heterocycles. The van der Waals surface area contributed by atoms with Crippen molar-refractivity contribution in [3.63, 3.8) is 0 Å². The number of piperidine rings is 1. The lowest BCUT2D eigenvalue weighted by Crippen LogP contribution is -2.35. The van der Waals surface area contributed by atoms with Crippen LogP contribution in [-0.4, -0.2) is 38.7 Å². The van der Waals surface area contributed by atoms with Crippen LogP contribution in [0.25, 0.3) is 5.65 Å². The molecule has 1 aliphatic rings. The number of nitrogens with one attached hydrogen (secondary N) is 2. The van der Waals surface area contributed by atoms with E-state index in [4.69, 9.17) is 0 Å². The highest BCUT2D eigenvalue weighted by atomic mass is 15.3. The van der Waals surface area contributed by atoms with Crippen molar-refractivity contribution < 1.29 is 0 Å². The first-order valence-electron chi connectivity index (χ1n) is 7.34. The molecular weight excluding hydrogens is 252 g/mol. The standard InChI is InChI=1S/C14H22N6/c1-9(2)12-8-16-14-13(17-10(3)19-20(12)14)18-11-4-6-15-7-5-11/h8-9,11,15H,4-7H2,1-3H3,(H,17,18,19). The number of anilines is 1. The molecule has 0 radical (unpaired) electrons. The van der Waals surface area contributed by atoms with Crippen LogP contribution in [-0.2, 0) is 0 Å². The summed E-state index contributed by atoms with van der Waals surface area (Å²) in [5.74, 6) is 2.02. The molecule has 2 aromatic heterocycles. The van der Waals surface area contributed by atoms with Gasteiger partial charge in [0.1, 0.15) is 5.82 Å². The lowest BCUT2D eigenvalue weighted by atomic mass is 10.1. The van der Waals surface area contributed by atoms with Crippen LogP contribution in [0, 0.1) is 6.92 Å². The number of hydrogen-bond acceptors (Lipinski definition) is 5. The molecule has 0 unspecified atom stereocenters. The second kappa shape index (κ2) is 5.36. The summed E-state index contributed by atoms with van der Waals surface area (Å²) in [6.45, 7) is 8.35. The van der Waals surface area contributed by atoms with Crippen LogP contribution in [0.1, 0.15) is 44.1 Å². The van der Waals surface area contributed by atoms with Gasteiger partial charge in [-0.25, -0.2) is 14.5 Å². The highest BCUT2D eigenvalue weighted by Gasteiger charge is 2.18. The molecule has 0 bridgehead atoms. The fourth-order valence-electron chi connectivity index (χ4n) is 2.65. The van der Waals surface area contributed by atoms with Gasteiger partial charge in [-0.15, -0.1) is 0 Å². The molecule has 1 fully saturated rings. The third-order valence-electron chi connectivity index (χ3n) is 3.77. The first-order valence-corrected chi connectivity index (χ1v) is 7.34. The quantitative estimate of drug-likeness (QED) is 0.892. The Hall–Kier alpha value is -1.69. The van der Waals surface area contributed by atoms with Crippen LogP contribution < -0.4 is 10.6 Å². The summed E-state index contributed by atoms with van der Waals surface area (Å²) in [5.41, 5.74) is 1.96. The molecule has 0 aliphatic carbocycles. The van der Waals surface area contributed by atoms with Crippen molar-refractivity contribution in [3.8, 4) is 0 Å². The van der Waals surface area contributed by atoms with E-state index in [1.54, 1.807) is 0 Å². The van der Waals surface area contributed by atoms with Gasteiger partial charge in [0.05, 0.1) is 11.9 Å². The lowest BCUT2D eigenvalue weighted by Gasteiger charge is -2.24. The second-order valence-electron chi connectivity index (χ2n) is 5.75. The monoisotopic (exact) mass is 274 g/mol. The molecular formula is C14H22N6. The first kappa shape index (κ1) is 13.3. The third kappa shape index (κ3) is 2.47. The van der Waals surface area contributed by atoms with E-state index in [2.05, 4.69) is 39.5 Å². The maximum absolute atomic E-state index is 4.54. The van der Waals surface area contributed by atoms with Gasteiger partial charge in [0, 0.05) is 6.04 Å². The summed E-state index contributed by atoms with van der Waals surface area (Å²) >= 11 is 0. The molecule has 0 aromatic carbocycles. The highest BCUT2D eigenvalue weighted by Crippen LogP contribution is 2.21. The predicted octanol–water partition coefficient (Wildman–Crippen LogP) is 1.72. The van der Waals surface area contributed by atoms with Crippen molar-refractivity contribution in [2.45, 2.75) is 45.6 Å². The van der Waals surface area contributed by atoms with E-state index < -0.39 is 0 Å². The first-order chi connectivity index (χ1) is 9.65. The van der Waals surface area contributed by atoms with Crippen molar-refractivity contribution in [1.82, 2.24) is 24.9 Å². The molecule has 1 saturated heterocycles. The number of aromatic nitrogens is 4. The van der Waals surface area contributed by atoms with E-state index in [0.29, 0.717) is 12.0 Å². The van der Waals surface area contributed by atoms with Gasteiger partial charge in [-0.05, 0) is 38.8 Å². The lowest BCUT2D eigenvalue weighted by molar-refractivity contribution is 0.478. The van der Waals surface area contributed by atoms with E-state index >= 15 is 0 Å². The Bertz CT molecular complexity index is 597. The van der Waals surface area contributed by atoms with Gasteiger partial charge in [0.25, 0.3) is 0 Å². The summed E-state index contributed by atoms with van der Waals surface area (Å²) in [6.07, 6.45) is 4.14. The largest absolute Gasteiger partial charge is 0.364 e. The topological polar surface area (TPSA) is 67.1 Å². The van der Waals surface area contributed by atoms with Crippen LogP contribution in [0.15, 0.2) is 6.20 Å². The van der Waals surface area contributed by atoms with Gasteiger partial charge in [0.2, 0.25) is 0 Å². The molecule has 3 heterocycles. The summed E-state index contributed by atoms with van der Waals surface area (Å²) in [6, 6.07) is 0.466. The molecule has 3 rings (SSSR count). The van der Waals surface area contributed by atoms with Crippen molar-refractivity contribution in [1.29, 1.82) is 0 Å². The number of fused-ring (bicyclic) bond motifs is 1. The average molecular weight is 274 g/mol. The molecule has 2 N–H and O–H groups in total. The molecule has 0 atom stereocenters. The van der Waals surface area contributed by atoms with Gasteiger partial charge in [0.15, 0.2) is 11.5 Å². The average Bonchev–Trinajstić information content (AvgIpc) is 2.83. The maximum Gasteiger partial charge on any atom is 0.197 e. The Labute approximate surface area is 119 Å². The van der Waals surface area contributed by atoms with Crippen LogP contribution in [0.3, 0.4) is 0 Å². The third-order valence-corrected chi connectivity index (χ3v) is 3.77. The molecule has 6 nitrogen and oxygen atoms in total. The Morgan fingerprint density at radius 3 is 2.80 bits per heavy atom. The molecule has 0 spiro atoms.